The van der Waals surface area contributed by atoms with Crippen molar-refractivity contribution < 1.29 is 13.2 Å². The molecule has 0 aromatic heterocycles. The summed E-state index contributed by atoms with van der Waals surface area (Å²) in [6.07, 6.45) is 1.85. The molecule has 4 heteroatoms. The zero-order valence-electron chi connectivity index (χ0n) is 11.0. The van der Waals surface area contributed by atoms with E-state index >= 15 is 0 Å². The van der Waals surface area contributed by atoms with Gasteiger partial charge in [-0.3, -0.25) is 0 Å². The van der Waals surface area contributed by atoms with Crippen LogP contribution in [0.2, 0.25) is 0 Å². The van der Waals surface area contributed by atoms with Crippen LogP contribution >= 0.6 is 0 Å². The van der Waals surface area contributed by atoms with Gasteiger partial charge in [-0.05, 0) is 36.6 Å². The predicted molar refractivity (Wildman–Crippen MR) is 71.9 cm³/mol. The summed E-state index contributed by atoms with van der Waals surface area (Å²) in [4.78, 5) is 0. The molecule has 2 aromatic carbocycles. The molecule has 1 aliphatic rings. The van der Waals surface area contributed by atoms with E-state index in [1.807, 2.05) is 13.1 Å². The van der Waals surface area contributed by atoms with Crippen LogP contribution in [0.15, 0.2) is 30.3 Å². The Morgan fingerprint density at radius 1 is 1.05 bits per heavy atom. The SMILES string of the molecule is CNC1CCc2cc(-c3c(F)cc(F)cc3F)ccc21. The van der Waals surface area contributed by atoms with Gasteiger partial charge in [0.05, 0.1) is 5.56 Å². The number of aryl methyl sites for hydroxylation is 1. The number of hydrogen-bond acceptors (Lipinski definition) is 1. The maximum absolute atomic E-state index is 13.8. The van der Waals surface area contributed by atoms with E-state index < -0.39 is 17.5 Å². The minimum Gasteiger partial charge on any atom is -0.313 e. The summed E-state index contributed by atoms with van der Waals surface area (Å²) in [5, 5.41) is 3.21. The van der Waals surface area contributed by atoms with E-state index in [0.717, 1.165) is 18.4 Å². The van der Waals surface area contributed by atoms with Crippen molar-refractivity contribution in [1.82, 2.24) is 5.32 Å². The zero-order valence-corrected chi connectivity index (χ0v) is 11.0. The summed E-state index contributed by atoms with van der Waals surface area (Å²) in [5.41, 5.74) is 2.54. The van der Waals surface area contributed by atoms with Crippen LogP contribution in [0, 0.1) is 17.5 Å². The molecule has 1 unspecified atom stereocenters. The fourth-order valence-electron chi connectivity index (χ4n) is 2.89. The number of hydrogen-bond donors (Lipinski definition) is 1. The molecule has 20 heavy (non-hydrogen) atoms. The van der Waals surface area contributed by atoms with E-state index in [2.05, 4.69) is 5.32 Å². The second-order valence-corrected chi connectivity index (χ2v) is 5.04. The lowest BCUT2D eigenvalue weighted by molar-refractivity contribution is 0.548. The number of rotatable bonds is 2. The Morgan fingerprint density at radius 2 is 1.75 bits per heavy atom. The molecule has 0 bridgehead atoms. The maximum Gasteiger partial charge on any atom is 0.136 e. The molecule has 0 heterocycles. The quantitative estimate of drug-likeness (QED) is 0.875. The second-order valence-electron chi connectivity index (χ2n) is 5.04. The van der Waals surface area contributed by atoms with Crippen LogP contribution in [-0.2, 0) is 6.42 Å². The van der Waals surface area contributed by atoms with Crippen LogP contribution in [0.1, 0.15) is 23.6 Å². The Labute approximate surface area is 115 Å². The van der Waals surface area contributed by atoms with Gasteiger partial charge >= 0.3 is 0 Å². The molecule has 0 saturated heterocycles. The highest BCUT2D eigenvalue weighted by Crippen LogP contribution is 2.35. The second kappa shape index (κ2) is 4.94. The van der Waals surface area contributed by atoms with Gasteiger partial charge in [0.2, 0.25) is 0 Å². The molecule has 0 spiro atoms. The van der Waals surface area contributed by atoms with Gasteiger partial charge in [0.1, 0.15) is 17.5 Å². The van der Waals surface area contributed by atoms with Gasteiger partial charge in [-0.25, -0.2) is 13.2 Å². The molecule has 1 atom stereocenters. The summed E-state index contributed by atoms with van der Waals surface area (Å²) in [6, 6.07) is 7.09. The van der Waals surface area contributed by atoms with Gasteiger partial charge in [-0.15, -0.1) is 0 Å². The van der Waals surface area contributed by atoms with Crippen molar-refractivity contribution in [2.24, 2.45) is 0 Å². The molecule has 2 aromatic rings. The highest BCUT2D eigenvalue weighted by molar-refractivity contribution is 5.67. The standard InChI is InChI=1S/C16H14F3N/c1-20-15-5-3-9-6-10(2-4-12(9)15)16-13(18)7-11(17)8-14(16)19/h2,4,6-8,15,20H,3,5H2,1H3. The van der Waals surface area contributed by atoms with Gasteiger partial charge in [0.25, 0.3) is 0 Å². The summed E-state index contributed by atoms with van der Waals surface area (Å²) < 4.78 is 40.6. The Kier molecular flexibility index (Phi) is 3.26. The number of fused-ring (bicyclic) bond motifs is 1. The maximum atomic E-state index is 13.8. The highest BCUT2D eigenvalue weighted by atomic mass is 19.1. The van der Waals surface area contributed by atoms with E-state index in [1.54, 1.807) is 12.1 Å². The minimum absolute atomic E-state index is 0.165. The van der Waals surface area contributed by atoms with E-state index in [-0.39, 0.29) is 5.56 Å². The monoisotopic (exact) mass is 277 g/mol. The molecule has 104 valence electrons. The van der Waals surface area contributed by atoms with Crippen molar-refractivity contribution in [2.45, 2.75) is 18.9 Å². The molecule has 1 N–H and O–H groups in total. The van der Waals surface area contributed by atoms with E-state index in [9.17, 15) is 13.2 Å². The van der Waals surface area contributed by atoms with Crippen molar-refractivity contribution in [2.75, 3.05) is 7.05 Å². The van der Waals surface area contributed by atoms with E-state index in [1.165, 1.54) is 5.56 Å². The Morgan fingerprint density at radius 3 is 2.40 bits per heavy atom. The van der Waals surface area contributed by atoms with Gasteiger partial charge in [-0.1, -0.05) is 18.2 Å². The van der Waals surface area contributed by atoms with Gasteiger partial charge < -0.3 is 5.32 Å². The summed E-state index contributed by atoms with van der Waals surface area (Å²) in [7, 11) is 1.90. The molecular weight excluding hydrogens is 263 g/mol. The van der Waals surface area contributed by atoms with Crippen molar-refractivity contribution in [1.29, 1.82) is 0 Å². The first kappa shape index (κ1) is 13.2. The minimum atomic E-state index is -0.903. The molecule has 0 fully saturated rings. The van der Waals surface area contributed by atoms with Crippen molar-refractivity contribution in [3.8, 4) is 11.1 Å². The third kappa shape index (κ3) is 2.10. The van der Waals surface area contributed by atoms with E-state index in [4.69, 9.17) is 0 Å². The summed E-state index contributed by atoms with van der Waals surface area (Å²) in [5.74, 6) is -2.64. The topological polar surface area (TPSA) is 12.0 Å². The van der Waals surface area contributed by atoms with Crippen molar-refractivity contribution in [3.63, 3.8) is 0 Å². The normalized spacial score (nSPS) is 17.3. The summed E-state index contributed by atoms with van der Waals surface area (Å²) in [6.45, 7) is 0. The lowest BCUT2D eigenvalue weighted by Gasteiger charge is -2.11. The van der Waals surface area contributed by atoms with Gasteiger partial charge in [0, 0.05) is 18.2 Å². The van der Waals surface area contributed by atoms with Gasteiger partial charge in [0.15, 0.2) is 0 Å². The lowest BCUT2D eigenvalue weighted by atomic mass is 9.99. The third-order valence-corrected chi connectivity index (χ3v) is 3.86. The van der Waals surface area contributed by atoms with Crippen LogP contribution in [-0.4, -0.2) is 7.05 Å². The average molecular weight is 277 g/mol. The Bertz CT molecular complexity index is 644. The van der Waals surface area contributed by atoms with Crippen molar-refractivity contribution in [3.05, 3.63) is 58.9 Å². The number of halogens is 3. The van der Waals surface area contributed by atoms with Crippen LogP contribution in [0.25, 0.3) is 11.1 Å². The van der Waals surface area contributed by atoms with Crippen LogP contribution in [0.3, 0.4) is 0 Å². The molecular formula is C16H14F3N. The molecule has 1 nitrogen and oxygen atoms in total. The molecule has 1 aliphatic carbocycles. The third-order valence-electron chi connectivity index (χ3n) is 3.86. The average Bonchev–Trinajstić information content (AvgIpc) is 2.79. The van der Waals surface area contributed by atoms with Gasteiger partial charge in [-0.2, -0.15) is 0 Å². The number of nitrogens with one attached hydrogen (secondary N) is 1. The zero-order chi connectivity index (χ0) is 14.3. The molecule has 3 rings (SSSR count). The molecule has 0 saturated carbocycles. The highest BCUT2D eigenvalue weighted by Gasteiger charge is 2.22. The first-order chi connectivity index (χ1) is 9.60. The Balaban J connectivity index is 2.09. The first-order valence-corrected chi connectivity index (χ1v) is 6.55. The fraction of sp³-hybridized carbons (Fsp3) is 0.250. The predicted octanol–water partition coefficient (Wildman–Crippen LogP) is 3.98. The smallest absolute Gasteiger partial charge is 0.136 e. The Hall–Kier alpha value is -1.81. The van der Waals surface area contributed by atoms with E-state index in [0.29, 0.717) is 23.7 Å². The van der Waals surface area contributed by atoms with Crippen molar-refractivity contribution >= 4 is 0 Å². The van der Waals surface area contributed by atoms with Crippen LogP contribution in [0.4, 0.5) is 13.2 Å². The van der Waals surface area contributed by atoms with Crippen LogP contribution in [0.5, 0.6) is 0 Å². The molecule has 0 amide bonds. The number of benzene rings is 2. The molecule has 0 aliphatic heterocycles. The lowest BCUT2D eigenvalue weighted by Crippen LogP contribution is -2.12. The fourth-order valence-corrected chi connectivity index (χ4v) is 2.89. The largest absolute Gasteiger partial charge is 0.313 e. The molecule has 0 radical (unpaired) electrons. The van der Waals surface area contributed by atoms with Crippen LogP contribution < -0.4 is 5.32 Å². The summed E-state index contributed by atoms with van der Waals surface area (Å²) >= 11 is 0. The first-order valence-electron chi connectivity index (χ1n) is 6.55.